The van der Waals surface area contributed by atoms with E-state index < -0.39 is 0 Å². The fraction of sp³-hybridized carbons (Fsp3) is 0. The zero-order valence-electron chi connectivity index (χ0n) is 78.5. The minimum Gasteiger partial charge on any atom is -0.309 e. The number of hydrogen-bond donors (Lipinski definition) is 0. The molecule has 0 unspecified atom stereocenters. The van der Waals surface area contributed by atoms with Gasteiger partial charge in [0.15, 0.2) is 0 Å². The molecule has 31 rings (SSSR count). The molecule has 2 aliphatic rings. The standard InChI is InChI=1S/C54H34N2.C48H30N2.C36H24N2/c1-2-14-37(15-3-1)55-51-24-12-10-22-46(51)49-32-35(26-30-53(49)55)36-27-31-54-50(33-36)47-23-11-13-25-52(47)56(54)38-28-29-45-43-20-7-6-18-41(43)39-16-4-5-17-40(39)42-19-8-9-21-44(42)48(45)34-38;1-2-14-34-33(13-1)35-15-3-4-17-37(35)39-27-25-31(29-43(39)38-18-6-5-16-36(34)38)50-47-24-12-9-21-42(47)44-30-32(26-28-48(44)50)49-45-22-10-7-19-40(45)41-20-8-11-23-46(41)49;1-2-11-25(12-3-1)26-13-10-14-27(23-26)37-35-20-9-6-17-31(35)32-24-28(21-22-36(32)37)38-33-18-7-4-15-29(33)30-16-5-8-19-34(30)38/h1-34H;1-30H;1-24H. The Morgan fingerprint density at radius 1 is 0.0833 bits per heavy atom. The van der Waals surface area contributed by atoms with Crippen LogP contribution in [0, 0.1) is 0 Å². The van der Waals surface area contributed by atoms with E-state index in [2.05, 4.69) is 561 Å². The lowest BCUT2D eigenvalue weighted by Crippen LogP contribution is -2.00. The molecule has 0 amide bonds. The second-order valence-electron chi connectivity index (χ2n) is 38.0. The van der Waals surface area contributed by atoms with Crippen molar-refractivity contribution < 1.29 is 0 Å². The van der Waals surface area contributed by atoms with Crippen LogP contribution in [0.3, 0.4) is 0 Å². The van der Waals surface area contributed by atoms with E-state index in [0.717, 1.165) is 11.4 Å². The highest BCUT2D eigenvalue weighted by Gasteiger charge is 2.29. The molecular weight excluding hydrogens is 1740 g/mol. The topological polar surface area (TPSA) is 29.6 Å². The van der Waals surface area contributed by atoms with Crippen molar-refractivity contribution in [3.05, 3.63) is 534 Å². The van der Waals surface area contributed by atoms with Crippen molar-refractivity contribution in [1.82, 2.24) is 27.4 Å². The van der Waals surface area contributed by atoms with Gasteiger partial charge in [0.25, 0.3) is 0 Å². The van der Waals surface area contributed by atoms with Crippen LogP contribution in [0.4, 0.5) is 0 Å². The minimum absolute atomic E-state index is 1.15. The van der Waals surface area contributed by atoms with E-state index in [-0.39, 0.29) is 0 Å². The summed E-state index contributed by atoms with van der Waals surface area (Å²) in [6.07, 6.45) is 0. The average molecular weight is 1830 g/mol. The van der Waals surface area contributed by atoms with Crippen molar-refractivity contribution in [3.8, 4) is 145 Å². The molecule has 29 aromatic rings. The highest BCUT2D eigenvalue weighted by Crippen LogP contribution is 2.53. The summed E-state index contributed by atoms with van der Waals surface area (Å²) in [7, 11) is 0. The molecule has 0 fully saturated rings. The van der Waals surface area contributed by atoms with Gasteiger partial charge in [0.1, 0.15) is 0 Å². The number of rotatable bonds is 8. The maximum absolute atomic E-state index is 2.45. The Kier molecular flexibility index (Phi) is 19.0. The van der Waals surface area contributed by atoms with Gasteiger partial charge < -0.3 is 27.4 Å². The monoisotopic (exact) mass is 1830 g/mol. The van der Waals surface area contributed by atoms with Gasteiger partial charge in [0.2, 0.25) is 0 Å². The number of benzene rings is 23. The second-order valence-corrected chi connectivity index (χ2v) is 38.0. The molecule has 670 valence electrons. The maximum atomic E-state index is 2.45. The number of nitrogens with zero attached hydrogens (tertiary/aromatic N) is 6. The average Bonchev–Trinajstić information content (AvgIpc) is 1.57. The first-order valence-corrected chi connectivity index (χ1v) is 49.7. The van der Waals surface area contributed by atoms with Crippen molar-refractivity contribution in [2.75, 3.05) is 0 Å². The Labute approximate surface area is 831 Å². The summed E-state index contributed by atoms with van der Waals surface area (Å²) in [5.41, 5.74) is 46.5. The Hall–Kier alpha value is -19.1. The Bertz CT molecular complexity index is 10200. The molecule has 0 atom stereocenters. The van der Waals surface area contributed by atoms with Crippen LogP contribution >= 0.6 is 0 Å². The summed E-state index contributed by atoms with van der Waals surface area (Å²) in [6, 6.07) is 195. The van der Waals surface area contributed by atoms with E-state index in [1.54, 1.807) is 0 Å². The van der Waals surface area contributed by atoms with Gasteiger partial charge in [-0.3, -0.25) is 0 Å². The fourth-order valence-corrected chi connectivity index (χ4v) is 24.0. The third-order valence-electron chi connectivity index (χ3n) is 30.3. The molecule has 0 saturated heterocycles. The van der Waals surface area contributed by atoms with Gasteiger partial charge in [0, 0.05) is 98.8 Å². The zero-order chi connectivity index (χ0) is 94.6. The zero-order valence-corrected chi connectivity index (χ0v) is 78.5. The first kappa shape index (κ1) is 82.0. The van der Waals surface area contributed by atoms with Gasteiger partial charge in [0.05, 0.1) is 66.2 Å². The van der Waals surface area contributed by atoms with Crippen LogP contribution in [-0.2, 0) is 0 Å². The first-order valence-electron chi connectivity index (χ1n) is 49.7. The van der Waals surface area contributed by atoms with Crippen molar-refractivity contribution in [3.63, 3.8) is 0 Å². The molecule has 2 aliphatic carbocycles. The molecule has 0 aliphatic heterocycles. The molecule has 6 heterocycles. The van der Waals surface area contributed by atoms with Gasteiger partial charge in [-0.25, -0.2) is 0 Å². The van der Waals surface area contributed by atoms with Crippen LogP contribution < -0.4 is 0 Å². The Morgan fingerprint density at radius 3 is 0.562 bits per heavy atom. The van der Waals surface area contributed by atoms with Crippen LogP contribution in [0.2, 0.25) is 0 Å². The molecule has 0 radical (unpaired) electrons. The maximum Gasteiger partial charge on any atom is 0.0542 e. The second kappa shape index (κ2) is 33.3. The Balaban J connectivity index is 0.000000105. The van der Waals surface area contributed by atoms with Gasteiger partial charge in [-0.1, -0.05) is 376 Å². The van der Waals surface area contributed by atoms with Crippen LogP contribution in [0.15, 0.2) is 534 Å². The highest BCUT2D eigenvalue weighted by atomic mass is 15.0. The number of aromatic nitrogens is 6. The molecule has 6 aromatic heterocycles. The lowest BCUT2D eigenvalue weighted by Gasteiger charge is -2.24. The fourth-order valence-electron chi connectivity index (χ4n) is 24.0. The molecule has 0 bridgehead atoms. The van der Waals surface area contributed by atoms with E-state index in [4.69, 9.17) is 0 Å². The predicted octanol–water partition coefficient (Wildman–Crippen LogP) is 36.9. The first-order chi connectivity index (χ1) is 71.5. The van der Waals surface area contributed by atoms with Gasteiger partial charge in [-0.15, -0.1) is 0 Å². The molecule has 6 heteroatoms. The number of hydrogen-bond acceptors (Lipinski definition) is 0. The third-order valence-corrected chi connectivity index (χ3v) is 30.3. The Morgan fingerprint density at radius 2 is 0.264 bits per heavy atom. The lowest BCUT2D eigenvalue weighted by molar-refractivity contribution is 1.17. The smallest absolute Gasteiger partial charge is 0.0542 e. The summed E-state index contributed by atoms with van der Waals surface area (Å²) in [5.74, 6) is 0. The van der Waals surface area contributed by atoms with E-state index in [9.17, 15) is 0 Å². The van der Waals surface area contributed by atoms with E-state index in [0.29, 0.717) is 0 Å². The normalized spacial score (nSPS) is 11.9. The SMILES string of the molecule is c1ccc(-c2cccc(-n3c4ccccc4c4cc(-n5c6ccccc6c6ccccc65)ccc43)c2)cc1.c1ccc(-n2c3ccccc3c3cc(-c4ccc5c(c4)c4ccccc4n5-c4ccc5c(c4)-c4ccccc4-c4ccccc4-c4ccccc4-5)ccc32)cc1.c1ccc2c(c1)-c1ccccc1-c1ccc(-n3c4ccccc4c4cc(-n5c6ccccc6c6ccccc65)ccc43)cc1-c1ccccc1-2. The largest absolute Gasteiger partial charge is 0.309 e. The molecule has 0 spiro atoms. The summed E-state index contributed by atoms with van der Waals surface area (Å²) in [6.45, 7) is 0. The van der Waals surface area contributed by atoms with Gasteiger partial charge in [-0.05, 0) is 269 Å². The van der Waals surface area contributed by atoms with E-state index >= 15 is 0 Å². The van der Waals surface area contributed by atoms with Crippen molar-refractivity contribution in [1.29, 1.82) is 0 Å². The molecule has 6 nitrogen and oxygen atoms in total. The van der Waals surface area contributed by atoms with Crippen molar-refractivity contribution >= 4 is 131 Å². The predicted molar refractivity (Wildman–Crippen MR) is 607 cm³/mol. The quantitative estimate of drug-likeness (QED) is 0.145. The van der Waals surface area contributed by atoms with Crippen LogP contribution in [0.25, 0.3) is 276 Å². The van der Waals surface area contributed by atoms with E-state index in [1.807, 2.05) is 0 Å². The van der Waals surface area contributed by atoms with E-state index in [1.165, 1.54) is 265 Å². The van der Waals surface area contributed by atoms with Crippen LogP contribution in [-0.4, -0.2) is 27.4 Å². The van der Waals surface area contributed by atoms with Crippen LogP contribution in [0.5, 0.6) is 0 Å². The van der Waals surface area contributed by atoms with Crippen molar-refractivity contribution in [2.24, 2.45) is 0 Å². The summed E-state index contributed by atoms with van der Waals surface area (Å²) in [4.78, 5) is 0. The molecular formula is C138H88N6. The van der Waals surface area contributed by atoms with Gasteiger partial charge >= 0.3 is 0 Å². The number of para-hydroxylation sites is 9. The highest BCUT2D eigenvalue weighted by molar-refractivity contribution is 6.18. The summed E-state index contributed by atoms with van der Waals surface area (Å²) < 4.78 is 14.5. The molecule has 144 heavy (non-hydrogen) atoms. The number of fused-ring (bicyclic) bond motifs is 34. The minimum atomic E-state index is 1.15. The summed E-state index contributed by atoms with van der Waals surface area (Å²) in [5, 5.41) is 15.1. The van der Waals surface area contributed by atoms with Crippen molar-refractivity contribution in [2.45, 2.75) is 0 Å². The molecule has 0 N–H and O–H groups in total. The molecule has 23 aromatic carbocycles. The van der Waals surface area contributed by atoms with Gasteiger partial charge in [-0.2, -0.15) is 0 Å². The molecule has 0 saturated carbocycles. The summed E-state index contributed by atoms with van der Waals surface area (Å²) >= 11 is 0. The van der Waals surface area contributed by atoms with Crippen LogP contribution in [0.1, 0.15) is 0 Å². The lowest BCUT2D eigenvalue weighted by atomic mass is 9.81. The third kappa shape index (κ3) is 13.0.